The highest BCUT2D eigenvalue weighted by atomic mass is 19.4. The van der Waals surface area contributed by atoms with Gasteiger partial charge >= 0.3 is 6.18 Å². The Hall–Kier alpha value is -2.12. The van der Waals surface area contributed by atoms with E-state index < -0.39 is 11.7 Å². The summed E-state index contributed by atoms with van der Waals surface area (Å²) >= 11 is 0. The zero-order chi connectivity index (χ0) is 19.3. The number of piperidine rings is 1. The number of likely N-dealkylation sites (tertiary alicyclic amines) is 1. The Bertz CT molecular complexity index is 877. The highest BCUT2D eigenvalue weighted by Gasteiger charge is 2.37. The number of pyridine rings is 1. The number of aromatic nitrogens is 3. The van der Waals surface area contributed by atoms with Crippen LogP contribution in [-0.4, -0.2) is 38.7 Å². The van der Waals surface area contributed by atoms with Gasteiger partial charge in [-0.1, -0.05) is 6.92 Å². The molecule has 0 atom stereocenters. The minimum atomic E-state index is -4.48. The average Bonchev–Trinajstić information content (AvgIpc) is 3.40. The first-order chi connectivity index (χ1) is 12.7. The molecule has 0 unspecified atom stereocenters. The molecule has 5 nitrogen and oxygen atoms in total. The van der Waals surface area contributed by atoms with Crippen molar-refractivity contribution < 1.29 is 18.0 Å². The molecule has 1 saturated carbocycles. The van der Waals surface area contributed by atoms with Gasteiger partial charge in [0.2, 0.25) is 5.91 Å². The van der Waals surface area contributed by atoms with Gasteiger partial charge < -0.3 is 4.90 Å². The van der Waals surface area contributed by atoms with E-state index in [4.69, 9.17) is 0 Å². The number of fused-ring (bicyclic) bond motifs is 1. The van der Waals surface area contributed by atoms with E-state index in [0.717, 1.165) is 31.7 Å². The quantitative estimate of drug-likeness (QED) is 0.812. The highest BCUT2D eigenvalue weighted by molar-refractivity contribution is 5.85. The smallest absolute Gasteiger partial charge is 0.341 e. The topological polar surface area (TPSA) is 51.0 Å². The van der Waals surface area contributed by atoms with Crippen molar-refractivity contribution in [1.82, 2.24) is 19.7 Å². The highest BCUT2D eigenvalue weighted by Crippen LogP contribution is 2.43. The van der Waals surface area contributed by atoms with Crippen LogP contribution in [0.15, 0.2) is 6.07 Å². The van der Waals surface area contributed by atoms with Crippen molar-refractivity contribution in [2.24, 2.45) is 5.92 Å². The monoisotopic (exact) mass is 380 g/mol. The first-order valence-corrected chi connectivity index (χ1v) is 9.47. The lowest BCUT2D eigenvalue weighted by molar-refractivity contribution is -0.136. The summed E-state index contributed by atoms with van der Waals surface area (Å²) < 4.78 is 42.2. The molecule has 8 heteroatoms. The van der Waals surface area contributed by atoms with Crippen LogP contribution in [0.4, 0.5) is 13.2 Å². The van der Waals surface area contributed by atoms with Gasteiger partial charge in [-0.25, -0.2) is 9.67 Å². The van der Waals surface area contributed by atoms with E-state index in [2.05, 4.69) is 17.0 Å². The van der Waals surface area contributed by atoms with E-state index in [1.165, 1.54) is 4.68 Å². The molecule has 0 bridgehead atoms. The zero-order valence-corrected chi connectivity index (χ0v) is 15.5. The molecule has 2 aliphatic rings. The largest absolute Gasteiger partial charge is 0.417 e. The normalized spacial score (nSPS) is 19.1. The zero-order valence-electron chi connectivity index (χ0n) is 15.5. The van der Waals surface area contributed by atoms with E-state index in [0.29, 0.717) is 24.7 Å². The molecule has 0 radical (unpaired) electrons. The number of carbonyl (C=O) groups excluding carboxylic acids is 1. The summed E-state index contributed by atoms with van der Waals surface area (Å²) in [7, 11) is 0. The standard InChI is InChI=1S/C19H23F3N4O/c1-11-5-7-25(8-6-11)16(27)10-26-18-17(12(2)24-26)14(19(20,21)22)9-15(23-18)13-3-4-13/h9,11,13H,3-8,10H2,1-2H3. The molecule has 0 spiro atoms. The van der Waals surface area contributed by atoms with Gasteiger partial charge in [0.15, 0.2) is 5.65 Å². The number of alkyl halides is 3. The van der Waals surface area contributed by atoms with Crippen LogP contribution in [0, 0.1) is 12.8 Å². The Balaban J connectivity index is 1.71. The minimum Gasteiger partial charge on any atom is -0.341 e. The molecule has 4 rings (SSSR count). The first kappa shape index (κ1) is 18.3. The van der Waals surface area contributed by atoms with Crippen LogP contribution >= 0.6 is 0 Å². The molecular formula is C19H23F3N4O. The van der Waals surface area contributed by atoms with Crippen molar-refractivity contribution in [2.45, 2.75) is 58.2 Å². The van der Waals surface area contributed by atoms with Crippen molar-refractivity contribution >= 4 is 16.9 Å². The van der Waals surface area contributed by atoms with Crippen molar-refractivity contribution in [3.05, 3.63) is 23.0 Å². The molecule has 1 aliphatic carbocycles. The van der Waals surface area contributed by atoms with Crippen LogP contribution in [0.3, 0.4) is 0 Å². The lowest BCUT2D eigenvalue weighted by Gasteiger charge is -2.30. The summed E-state index contributed by atoms with van der Waals surface area (Å²) in [6.07, 6.45) is -0.863. The predicted molar refractivity (Wildman–Crippen MR) is 94.2 cm³/mol. The average molecular weight is 380 g/mol. The third-order valence-electron chi connectivity index (χ3n) is 5.62. The number of carbonyl (C=O) groups is 1. The molecule has 0 aromatic carbocycles. The lowest BCUT2D eigenvalue weighted by Crippen LogP contribution is -2.39. The van der Waals surface area contributed by atoms with Crippen LogP contribution in [0.2, 0.25) is 0 Å². The van der Waals surface area contributed by atoms with Crippen molar-refractivity contribution in [1.29, 1.82) is 0 Å². The molecule has 1 amide bonds. The fraction of sp³-hybridized carbons (Fsp3) is 0.632. The second-order valence-corrected chi connectivity index (χ2v) is 7.87. The molecule has 146 valence electrons. The first-order valence-electron chi connectivity index (χ1n) is 9.47. The number of halogens is 3. The molecule has 1 aliphatic heterocycles. The maximum Gasteiger partial charge on any atom is 0.417 e. The van der Waals surface area contributed by atoms with Crippen LogP contribution in [0.5, 0.6) is 0 Å². The number of nitrogens with zero attached hydrogens (tertiary/aromatic N) is 4. The number of hydrogen-bond acceptors (Lipinski definition) is 3. The maximum absolute atomic E-state index is 13.6. The van der Waals surface area contributed by atoms with Gasteiger partial charge in [-0.15, -0.1) is 0 Å². The summed E-state index contributed by atoms with van der Waals surface area (Å²) in [6.45, 7) is 5.00. The van der Waals surface area contributed by atoms with Crippen molar-refractivity contribution in [3.8, 4) is 0 Å². The van der Waals surface area contributed by atoms with Crippen molar-refractivity contribution in [3.63, 3.8) is 0 Å². The van der Waals surface area contributed by atoms with Crippen LogP contribution in [-0.2, 0) is 17.5 Å². The fourth-order valence-corrected chi connectivity index (χ4v) is 3.78. The summed E-state index contributed by atoms with van der Waals surface area (Å²) in [5.74, 6) is 0.566. The number of rotatable bonds is 3. The van der Waals surface area contributed by atoms with Crippen molar-refractivity contribution in [2.75, 3.05) is 13.1 Å². The molecule has 1 saturated heterocycles. The third-order valence-corrected chi connectivity index (χ3v) is 5.62. The summed E-state index contributed by atoms with van der Waals surface area (Å²) in [4.78, 5) is 18.9. The Morgan fingerprint density at radius 3 is 2.48 bits per heavy atom. The van der Waals surface area contributed by atoms with Gasteiger partial charge in [0.05, 0.1) is 16.6 Å². The maximum atomic E-state index is 13.6. The van der Waals surface area contributed by atoms with Gasteiger partial charge in [0, 0.05) is 24.7 Å². The van der Waals surface area contributed by atoms with E-state index in [9.17, 15) is 18.0 Å². The third kappa shape index (κ3) is 3.53. The van der Waals surface area contributed by atoms with E-state index >= 15 is 0 Å². The Morgan fingerprint density at radius 2 is 1.89 bits per heavy atom. The van der Waals surface area contributed by atoms with Gasteiger partial charge in [-0.2, -0.15) is 18.3 Å². The predicted octanol–water partition coefficient (Wildman–Crippen LogP) is 3.89. The second kappa shape index (κ2) is 6.49. The molecule has 27 heavy (non-hydrogen) atoms. The lowest BCUT2D eigenvalue weighted by atomic mass is 9.99. The summed E-state index contributed by atoms with van der Waals surface area (Å²) in [6, 6.07) is 1.16. The second-order valence-electron chi connectivity index (χ2n) is 7.87. The Labute approximate surface area is 155 Å². The Kier molecular flexibility index (Phi) is 4.39. The molecule has 3 heterocycles. The fourth-order valence-electron chi connectivity index (χ4n) is 3.78. The minimum absolute atomic E-state index is 0.00645. The summed E-state index contributed by atoms with van der Waals surface area (Å²) in [5, 5.41) is 4.25. The van der Waals surface area contributed by atoms with Gasteiger partial charge in [0.25, 0.3) is 0 Å². The van der Waals surface area contributed by atoms with Gasteiger partial charge in [0.1, 0.15) is 6.54 Å². The SMILES string of the molecule is Cc1nn(CC(=O)N2CCC(C)CC2)c2nc(C3CC3)cc(C(F)(F)F)c12. The Morgan fingerprint density at radius 1 is 1.22 bits per heavy atom. The number of amides is 1. The van der Waals surface area contributed by atoms with Crippen LogP contribution in [0.25, 0.3) is 11.0 Å². The summed E-state index contributed by atoms with van der Waals surface area (Å²) in [5.41, 5.74) is 0.183. The molecule has 2 aromatic heterocycles. The van der Waals surface area contributed by atoms with Gasteiger partial charge in [-0.05, 0) is 44.6 Å². The number of hydrogen-bond donors (Lipinski definition) is 0. The molecule has 2 fully saturated rings. The molecule has 0 N–H and O–H groups in total. The molecule has 2 aromatic rings. The number of aryl methyl sites for hydroxylation is 1. The molecular weight excluding hydrogens is 357 g/mol. The van der Waals surface area contributed by atoms with E-state index in [-0.39, 0.29) is 35.1 Å². The van der Waals surface area contributed by atoms with Crippen LogP contribution < -0.4 is 0 Å². The van der Waals surface area contributed by atoms with E-state index in [1.807, 2.05) is 0 Å². The van der Waals surface area contributed by atoms with E-state index in [1.54, 1.807) is 11.8 Å². The van der Waals surface area contributed by atoms with Gasteiger partial charge in [-0.3, -0.25) is 4.79 Å². The van der Waals surface area contributed by atoms with Crippen LogP contribution in [0.1, 0.15) is 55.5 Å².